The van der Waals surface area contributed by atoms with Gasteiger partial charge in [-0.05, 0) is 25.0 Å². The summed E-state index contributed by atoms with van der Waals surface area (Å²) in [6, 6.07) is 3.25. The van der Waals surface area contributed by atoms with Crippen molar-refractivity contribution in [3.05, 3.63) is 23.5 Å². The van der Waals surface area contributed by atoms with Crippen molar-refractivity contribution in [2.24, 2.45) is 0 Å². The zero-order valence-corrected chi connectivity index (χ0v) is 12.6. The third-order valence-corrected chi connectivity index (χ3v) is 3.07. The quantitative estimate of drug-likeness (QED) is 0.648. The number of pyridine rings is 1. The Kier molecular flexibility index (Phi) is 7.01. The molecular weight excluding hydrogens is 278 g/mol. The number of carbonyl (C=O) groups excluding carboxylic acids is 2. The van der Waals surface area contributed by atoms with E-state index in [0.29, 0.717) is 18.8 Å². The average Bonchev–Trinajstić information content (AvgIpc) is 2.45. The largest absolute Gasteiger partial charge is 0.334 e. The molecule has 1 aromatic rings. The van der Waals surface area contributed by atoms with Gasteiger partial charge in [0.2, 0.25) is 0 Å². The summed E-state index contributed by atoms with van der Waals surface area (Å²) in [5.41, 5.74) is 0.347. The summed E-state index contributed by atoms with van der Waals surface area (Å²) >= 11 is 5.85. The Bertz CT molecular complexity index is 465. The van der Waals surface area contributed by atoms with Gasteiger partial charge in [0.25, 0.3) is 0 Å². The van der Waals surface area contributed by atoms with Gasteiger partial charge >= 0.3 is 11.8 Å². The number of unbranched alkanes of at least 4 members (excludes halogenated alkanes) is 1. The highest BCUT2D eigenvalue weighted by Gasteiger charge is 2.21. The maximum Gasteiger partial charge on any atom is 0.313 e. The van der Waals surface area contributed by atoms with Gasteiger partial charge in [-0.15, -0.1) is 0 Å². The van der Waals surface area contributed by atoms with Crippen LogP contribution in [0.25, 0.3) is 0 Å². The van der Waals surface area contributed by atoms with Crippen molar-refractivity contribution in [2.45, 2.75) is 33.1 Å². The van der Waals surface area contributed by atoms with Crippen molar-refractivity contribution >= 4 is 29.1 Å². The Hall–Kier alpha value is -1.62. The Morgan fingerprint density at radius 3 is 2.65 bits per heavy atom. The van der Waals surface area contributed by atoms with E-state index in [2.05, 4.69) is 10.3 Å². The molecule has 0 bridgehead atoms. The van der Waals surface area contributed by atoms with E-state index in [1.54, 1.807) is 17.0 Å². The van der Waals surface area contributed by atoms with Gasteiger partial charge in [0, 0.05) is 19.3 Å². The number of hydrogen-bond donors (Lipinski definition) is 1. The fourth-order valence-corrected chi connectivity index (χ4v) is 1.90. The van der Waals surface area contributed by atoms with Crippen LogP contribution in [0.5, 0.6) is 0 Å². The molecule has 0 aliphatic heterocycles. The molecule has 0 fully saturated rings. The second kappa shape index (κ2) is 8.53. The molecule has 1 aromatic heterocycles. The first-order chi connectivity index (χ1) is 9.60. The van der Waals surface area contributed by atoms with Gasteiger partial charge in [-0.1, -0.05) is 31.9 Å². The molecular formula is C14H20ClN3O2. The summed E-state index contributed by atoms with van der Waals surface area (Å²) in [6.45, 7) is 5.19. The van der Waals surface area contributed by atoms with E-state index < -0.39 is 11.8 Å². The molecule has 110 valence electrons. The van der Waals surface area contributed by atoms with E-state index in [4.69, 9.17) is 11.6 Å². The maximum atomic E-state index is 12.1. The van der Waals surface area contributed by atoms with Gasteiger partial charge in [-0.2, -0.15) is 0 Å². The Morgan fingerprint density at radius 1 is 1.30 bits per heavy atom. The van der Waals surface area contributed by atoms with E-state index in [-0.39, 0.29) is 5.15 Å². The molecule has 0 aliphatic rings. The molecule has 0 unspecified atom stereocenters. The van der Waals surface area contributed by atoms with Gasteiger partial charge in [0.05, 0.1) is 5.69 Å². The first-order valence-electron chi connectivity index (χ1n) is 6.80. The van der Waals surface area contributed by atoms with Crippen LogP contribution in [0.4, 0.5) is 5.69 Å². The number of anilines is 1. The smallest absolute Gasteiger partial charge is 0.313 e. The molecule has 0 saturated carbocycles. The lowest BCUT2D eigenvalue weighted by molar-refractivity contribution is -0.143. The van der Waals surface area contributed by atoms with Crippen molar-refractivity contribution in [3.8, 4) is 0 Å². The number of nitrogens with zero attached hydrogens (tertiary/aromatic N) is 2. The summed E-state index contributed by atoms with van der Waals surface area (Å²) in [7, 11) is 0. The minimum absolute atomic E-state index is 0.171. The first kappa shape index (κ1) is 16.4. The van der Waals surface area contributed by atoms with Crippen molar-refractivity contribution in [3.63, 3.8) is 0 Å². The lowest BCUT2D eigenvalue weighted by atomic mass is 10.3. The molecule has 1 heterocycles. The molecule has 5 nitrogen and oxygen atoms in total. The van der Waals surface area contributed by atoms with Crippen LogP contribution in [0, 0.1) is 0 Å². The number of carbonyl (C=O) groups is 2. The van der Waals surface area contributed by atoms with Crippen LogP contribution >= 0.6 is 11.6 Å². The zero-order chi connectivity index (χ0) is 15.0. The standard InChI is InChI=1S/C14H20ClN3O2/c1-3-5-10-18(9-4-2)14(20)13(19)17-11-7-6-8-16-12(11)15/h6-8H,3-5,9-10H2,1-2H3,(H,17,19). The van der Waals surface area contributed by atoms with Gasteiger partial charge in [0.15, 0.2) is 5.15 Å². The van der Waals surface area contributed by atoms with Gasteiger partial charge in [0.1, 0.15) is 0 Å². The Morgan fingerprint density at radius 2 is 2.05 bits per heavy atom. The Balaban J connectivity index is 2.69. The summed E-state index contributed by atoms with van der Waals surface area (Å²) in [6.07, 6.45) is 4.19. The molecule has 20 heavy (non-hydrogen) atoms. The number of aromatic nitrogens is 1. The number of amides is 2. The van der Waals surface area contributed by atoms with E-state index in [1.165, 1.54) is 6.20 Å². The summed E-state index contributed by atoms with van der Waals surface area (Å²) in [5.74, 6) is -1.20. The summed E-state index contributed by atoms with van der Waals surface area (Å²) in [4.78, 5) is 29.5. The van der Waals surface area contributed by atoms with Crippen LogP contribution in [0.2, 0.25) is 5.15 Å². The predicted molar refractivity (Wildman–Crippen MR) is 79.7 cm³/mol. The predicted octanol–water partition coefficient (Wildman–Crippen LogP) is 2.71. The molecule has 0 atom stereocenters. The van der Waals surface area contributed by atoms with Crippen LogP contribution in [0.1, 0.15) is 33.1 Å². The second-order valence-electron chi connectivity index (χ2n) is 4.44. The zero-order valence-electron chi connectivity index (χ0n) is 11.9. The molecule has 1 N–H and O–H groups in total. The molecule has 0 aliphatic carbocycles. The first-order valence-corrected chi connectivity index (χ1v) is 7.18. The van der Waals surface area contributed by atoms with E-state index in [0.717, 1.165) is 19.3 Å². The molecule has 0 spiro atoms. The van der Waals surface area contributed by atoms with Crippen LogP contribution in [0.3, 0.4) is 0 Å². The maximum absolute atomic E-state index is 12.1. The molecule has 2 amide bonds. The van der Waals surface area contributed by atoms with E-state index in [1.807, 2.05) is 13.8 Å². The Labute approximate surface area is 124 Å². The van der Waals surface area contributed by atoms with Crippen molar-refractivity contribution < 1.29 is 9.59 Å². The highest BCUT2D eigenvalue weighted by atomic mass is 35.5. The second-order valence-corrected chi connectivity index (χ2v) is 4.80. The lowest BCUT2D eigenvalue weighted by Gasteiger charge is -2.21. The average molecular weight is 298 g/mol. The highest BCUT2D eigenvalue weighted by molar-refractivity contribution is 6.41. The molecule has 6 heteroatoms. The van der Waals surface area contributed by atoms with Crippen LogP contribution in [0.15, 0.2) is 18.3 Å². The van der Waals surface area contributed by atoms with E-state index >= 15 is 0 Å². The minimum Gasteiger partial charge on any atom is -0.334 e. The van der Waals surface area contributed by atoms with Crippen molar-refractivity contribution in [1.29, 1.82) is 0 Å². The molecule has 0 saturated heterocycles. The fourth-order valence-electron chi connectivity index (χ4n) is 1.73. The van der Waals surface area contributed by atoms with Crippen LogP contribution in [-0.4, -0.2) is 34.8 Å². The molecule has 0 radical (unpaired) electrons. The molecule has 0 aromatic carbocycles. The van der Waals surface area contributed by atoms with Gasteiger partial charge in [-0.3, -0.25) is 9.59 Å². The van der Waals surface area contributed by atoms with Crippen LogP contribution in [-0.2, 0) is 9.59 Å². The highest BCUT2D eigenvalue weighted by Crippen LogP contribution is 2.17. The number of hydrogen-bond acceptors (Lipinski definition) is 3. The van der Waals surface area contributed by atoms with E-state index in [9.17, 15) is 9.59 Å². The van der Waals surface area contributed by atoms with Gasteiger partial charge in [-0.25, -0.2) is 4.98 Å². The monoisotopic (exact) mass is 297 g/mol. The number of halogens is 1. The minimum atomic E-state index is -0.676. The SMILES string of the molecule is CCCCN(CCC)C(=O)C(=O)Nc1cccnc1Cl. The van der Waals surface area contributed by atoms with Gasteiger partial charge < -0.3 is 10.2 Å². The normalized spacial score (nSPS) is 10.2. The molecule has 1 rings (SSSR count). The van der Waals surface area contributed by atoms with Crippen LogP contribution < -0.4 is 5.32 Å². The lowest BCUT2D eigenvalue weighted by Crippen LogP contribution is -2.40. The van der Waals surface area contributed by atoms with Crippen molar-refractivity contribution in [2.75, 3.05) is 18.4 Å². The third kappa shape index (κ3) is 4.81. The summed E-state index contributed by atoms with van der Waals surface area (Å²) < 4.78 is 0. The topological polar surface area (TPSA) is 62.3 Å². The number of nitrogens with one attached hydrogen (secondary N) is 1. The fraction of sp³-hybridized carbons (Fsp3) is 0.500. The van der Waals surface area contributed by atoms with Crippen molar-refractivity contribution in [1.82, 2.24) is 9.88 Å². The third-order valence-electron chi connectivity index (χ3n) is 2.76. The summed E-state index contributed by atoms with van der Waals surface area (Å²) in [5, 5.41) is 2.67. The number of rotatable bonds is 6.